The van der Waals surface area contributed by atoms with Gasteiger partial charge in [0.2, 0.25) is 0 Å². The normalized spacial score (nSPS) is 18.1. The highest BCUT2D eigenvalue weighted by atomic mass is 32.1. The minimum absolute atomic E-state index is 0.0900. The number of fused-ring (bicyclic) bond motifs is 1. The molecule has 2 N–H and O–H groups in total. The smallest absolute Gasteiger partial charge is 0.0407 e. The van der Waals surface area contributed by atoms with Crippen LogP contribution < -0.4 is 5.73 Å². The SMILES string of the molecule is NC(c1cccc2ccsc12)C1(c2ccccc2)CC1. The molecule has 1 aromatic heterocycles. The molecule has 3 aromatic rings. The summed E-state index contributed by atoms with van der Waals surface area (Å²) in [5.41, 5.74) is 9.55. The molecule has 1 unspecified atom stereocenters. The van der Waals surface area contributed by atoms with Gasteiger partial charge in [-0.15, -0.1) is 11.3 Å². The fourth-order valence-corrected chi connectivity index (χ4v) is 4.20. The zero-order valence-electron chi connectivity index (χ0n) is 11.3. The number of rotatable bonds is 3. The summed E-state index contributed by atoms with van der Waals surface area (Å²) in [4.78, 5) is 0. The van der Waals surface area contributed by atoms with Crippen molar-refractivity contribution in [1.29, 1.82) is 0 Å². The fourth-order valence-electron chi connectivity index (χ4n) is 3.24. The van der Waals surface area contributed by atoms with E-state index in [-0.39, 0.29) is 11.5 Å². The summed E-state index contributed by atoms with van der Waals surface area (Å²) in [5.74, 6) is 0. The molecule has 1 atom stereocenters. The predicted molar refractivity (Wildman–Crippen MR) is 86.1 cm³/mol. The summed E-state index contributed by atoms with van der Waals surface area (Å²) < 4.78 is 1.35. The number of thiophene rings is 1. The van der Waals surface area contributed by atoms with E-state index in [2.05, 4.69) is 60.0 Å². The lowest BCUT2D eigenvalue weighted by atomic mass is 9.84. The van der Waals surface area contributed by atoms with Gasteiger partial charge < -0.3 is 5.73 Å². The number of hydrogen-bond donors (Lipinski definition) is 1. The Morgan fingerprint density at radius 3 is 2.50 bits per heavy atom. The molecular weight excluding hydrogens is 262 g/mol. The van der Waals surface area contributed by atoms with Crippen molar-refractivity contribution in [3.8, 4) is 0 Å². The largest absolute Gasteiger partial charge is 0.323 e. The van der Waals surface area contributed by atoms with Crippen LogP contribution in [0, 0.1) is 0 Å². The van der Waals surface area contributed by atoms with Crippen LogP contribution in [0.15, 0.2) is 60.0 Å². The third kappa shape index (κ3) is 1.72. The van der Waals surface area contributed by atoms with Crippen molar-refractivity contribution in [2.24, 2.45) is 5.73 Å². The Kier molecular flexibility index (Phi) is 2.69. The van der Waals surface area contributed by atoms with Crippen LogP contribution in [-0.2, 0) is 5.41 Å². The molecule has 1 heterocycles. The van der Waals surface area contributed by atoms with Crippen molar-refractivity contribution in [3.05, 3.63) is 71.1 Å². The quantitative estimate of drug-likeness (QED) is 0.743. The van der Waals surface area contributed by atoms with Crippen LogP contribution in [-0.4, -0.2) is 0 Å². The van der Waals surface area contributed by atoms with E-state index in [0.717, 1.165) is 0 Å². The van der Waals surface area contributed by atoms with Gasteiger partial charge in [-0.2, -0.15) is 0 Å². The maximum absolute atomic E-state index is 6.70. The first-order valence-corrected chi connectivity index (χ1v) is 7.96. The molecule has 1 saturated carbocycles. The lowest BCUT2D eigenvalue weighted by molar-refractivity contribution is 0.545. The van der Waals surface area contributed by atoms with Crippen LogP contribution in [0.4, 0.5) is 0 Å². The molecule has 4 rings (SSSR count). The van der Waals surface area contributed by atoms with Gasteiger partial charge in [0, 0.05) is 16.2 Å². The summed E-state index contributed by atoms with van der Waals surface area (Å²) >= 11 is 1.80. The molecule has 2 heteroatoms. The highest BCUT2D eigenvalue weighted by Gasteiger charge is 2.50. The van der Waals surface area contributed by atoms with E-state index in [1.54, 1.807) is 11.3 Å². The highest BCUT2D eigenvalue weighted by molar-refractivity contribution is 7.17. The molecule has 0 bridgehead atoms. The van der Waals surface area contributed by atoms with Gasteiger partial charge in [0.05, 0.1) is 0 Å². The van der Waals surface area contributed by atoms with Crippen LogP contribution >= 0.6 is 11.3 Å². The van der Waals surface area contributed by atoms with Crippen LogP contribution in [0.3, 0.4) is 0 Å². The summed E-state index contributed by atoms with van der Waals surface area (Å²) in [5, 5.41) is 3.47. The van der Waals surface area contributed by atoms with Crippen LogP contribution in [0.5, 0.6) is 0 Å². The van der Waals surface area contributed by atoms with E-state index in [0.29, 0.717) is 0 Å². The van der Waals surface area contributed by atoms with Gasteiger partial charge in [-0.25, -0.2) is 0 Å². The molecule has 0 aliphatic heterocycles. The van der Waals surface area contributed by atoms with E-state index in [1.165, 1.54) is 34.1 Å². The highest BCUT2D eigenvalue weighted by Crippen LogP contribution is 2.56. The number of nitrogens with two attached hydrogens (primary N) is 1. The maximum Gasteiger partial charge on any atom is 0.0407 e. The Balaban J connectivity index is 1.81. The Morgan fingerprint density at radius 1 is 0.950 bits per heavy atom. The summed E-state index contributed by atoms with van der Waals surface area (Å²) in [6.07, 6.45) is 2.39. The van der Waals surface area contributed by atoms with Gasteiger partial charge >= 0.3 is 0 Å². The minimum Gasteiger partial charge on any atom is -0.323 e. The Hall–Kier alpha value is -1.64. The molecule has 0 amide bonds. The van der Waals surface area contributed by atoms with Crippen LogP contribution in [0.2, 0.25) is 0 Å². The second-order valence-electron chi connectivity index (χ2n) is 5.69. The third-order valence-corrected chi connectivity index (χ3v) is 5.56. The molecule has 1 fully saturated rings. The second kappa shape index (κ2) is 4.44. The number of benzene rings is 2. The first-order chi connectivity index (χ1) is 9.81. The third-order valence-electron chi connectivity index (χ3n) is 4.58. The van der Waals surface area contributed by atoms with Gasteiger partial charge in [-0.1, -0.05) is 48.5 Å². The fraction of sp³-hybridized carbons (Fsp3) is 0.222. The van der Waals surface area contributed by atoms with Gasteiger partial charge in [0.1, 0.15) is 0 Å². The molecule has 0 radical (unpaired) electrons. The summed E-state index contributed by atoms with van der Waals surface area (Å²) in [6.45, 7) is 0. The van der Waals surface area contributed by atoms with Crippen molar-refractivity contribution in [2.45, 2.75) is 24.3 Å². The van der Waals surface area contributed by atoms with E-state index < -0.39 is 0 Å². The van der Waals surface area contributed by atoms with Crippen LogP contribution in [0.1, 0.15) is 30.0 Å². The first kappa shape index (κ1) is 12.1. The summed E-state index contributed by atoms with van der Waals surface area (Å²) in [7, 11) is 0. The maximum atomic E-state index is 6.70. The second-order valence-corrected chi connectivity index (χ2v) is 6.60. The molecule has 1 aliphatic rings. The molecule has 20 heavy (non-hydrogen) atoms. The lowest BCUT2D eigenvalue weighted by Crippen LogP contribution is -2.26. The lowest BCUT2D eigenvalue weighted by Gasteiger charge is -2.25. The molecule has 1 aliphatic carbocycles. The Bertz CT molecular complexity index is 740. The van der Waals surface area contributed by atoms with Crippen LogP contribution in [0.25, 0.3) is 10.1 Å². The monoisotopic (exact) mass is 279 g/mol. The van der Waals surface area contributed by atoms with Crippen molar-refractivity contribution >= 4 is 21.4 Å². The van der Waals surface area contributed by atoms with E-state index >= 15 is 0 Å². The standard InChI is InChI=1S/C18H17NS/c19-17(15-8-4-5-13-9-12-20-16(13)15)18(10-11-18)14-6-2-1-3-7-14/h1-9,12,17H,10-11,19H2. The van der Waals surface area contributed by atoms with Gasteiger partial charge in [0.15, 0.2) is 0 Å². The molecular formula is C18H17NS. The molecule has 100 valence electrons. The van der Waals surface area contributed by atoms with E-state index in [4.69, 9.17) is 5.73 Å². The van der Waals surface area contributed by atoms with Crippen molar-refractivity contribution in [1.82, 2.24) is 0 Å². The first-order valence-electron chi connectivity index (χ1n) is 7.08. The van der Waals surface area contributed by atoms with Gasteiger partial charge in [-0.3, -0.25) is 0 Å². The van der Waals surface area contributed by atoms with Crippen molar-refractivity contribution in [3.63, 3.8) is 0 Å². The van der Waals surface area contributed by atoms with E-state index in [1.807, 2.05) is 0 Å². The van der Waals surface area contributed by atoms with Crippen molar-refractivity contribution in [2.75, 3.05) is 0 Å². The predicted octanol–water partition coefficient (Wildman–Crippen LogP) is 4.63. The average Bonchev–Trinajstić information content (AvgIpc) is 3.18. The molecule has 1 nitrogen and oxygen atoms in total. The molecule has 0 saturated heterocycles. The topological polar surface area (TPSA) is 26.0 Å². The minimum atomic E-state index is 0.0900. The van der Waals surface area contributed by atoms with Crippen molar-refractivity contribution < 1.29 is 0 Å². The Labute approximate surface area is 123 Å². The van der Waals surface area contributed by atoms with Gasteiger partial charge in [-0.05, 0) is 40.8 Å². The van der Waals surface area contributed by atoms with E-state index in [9.17, 15) is 0 Å². The summed E-state index contributed by atoms with van der Waals surface area (Å²) in [6, 6.07) is 19.5. The molecule has 0 spiro atoms. The average molecular weight is 279 g/mol. The molecule has 2 aromatic carbocycles. The number of hydrogen-bond acceptors (Lipinski definition) is 2. The Morgan fingerprint density at radius 2 is 1.75 bits per heavy atom. The zero-order valence-corrected chi connectivity index (χ0v) is 12.1. The van der Waals surface area contributed by atoms with Gasteiger partial charge in [0.25, 0.3) is 0 Å². The zero-order chi connectivity index (χ0) is 13.6.